The second-order valence-corrected chi connectivity index (χ2v) is 9.43. The van der Waals surface area contributed by atoms with Gasteiger partial charge in [0, 0.05) is 28.8 Å². The fraction of sp³-hybridized carbons (Fsp3) is 0.125. The molecular formula is C24H21ClN2O5S. The van der Waals surface area contributed by atoms with Crippen molar-refractivity contribution in [1.29, 1.82) is 0 Å². The lowest BCUT2D eigenvalue weighted by Crippen LogP contribution is -2.34. The third-order valence-electron chi connectivity index (χ3n) is 5.29. The van der Waals surface area contributed by atoms with Crippen LogP contribution in [0.25, 0.3) is 11.1 Å². The predicted octanol–water partition coefficient (Wildman–Crippen LogP) is 4.97. The maximum Gasteiger partial charge on any atom is 0.265 e. The number of rotatable bonds is 6. The van der Waals surface area contributed by atoms with Gasteiger partial charge in [-0.15, -0.1) is 6.58 Å². The number of sulfonamides is 1. The number of ether oxygens (including phenoxy) is 2. The number of benzene rings is 3. The quantitative estimate of drug-likeness (QED) is 0.499. The number of methoxy groups -OCH3 is 2. The molecule has 0 unspecified atom stereocenters. The molecule has 33 heavy (non-hydrogen) atoms. The largest absolute Gasteiger partial charge is 0.495 e. The summed E-state index contributed by atoms with van der Waals surface area (Å²) >= 11 is 6.15. The van der Waals surface area contributed by atoms with Crippen LogP contribution >= 0.6 is 11.6 Å². The number of carbonyl (C=O) groups is 1. The van der Waals surface area contributed by atoms with Gasteiger partial charge < -0.3 is 14.8 Å². The highest BCUT2D eigenvalue weighted by molar-refractivity contribution is 7.93. The number of anilines is 2. The minimum absolute atomic E-state index is 0.108. The average Bonchev–Trinajstić information content (AvgIpc) is 2.82. The second-order valence-electron chi connectivity index (χ2n) is 7.19. The van der Waals surface area contributed by atoms with Crippen LogP contribution in [-0.2, 0) is 10.0 Å². The third-order valence-corrected chi connectivity index (χ3v) is 7.42. The standard InChI is InChI=1S/C24H21ClN2O5S/c1-4-11-27-20-10-9-15(12-17(20)16-7-5-6-8-23(16)33(27,29)30)24(28)26-19-14-21(31-2)18(25)13-22(19)32-3/h4-10,12-14H,1,11H2,2-3H3,(H,26,28). The molecule has 1 N–H and O–H groups in total. The van der Waals surface area contributed by atoms with Crippen LogP contribution in [0.4, 0.5) is 11.4 Å². The molecular weight excluding hydrogens is 464 g/mol. The van der Waals surface area contributed by atoms with Crippen molar-refractivity contribution in [2.24, 2.45) is 0 Å². The molecule has 4 rings (SSSR count). The lowest BCUT2D eigenvalue weighted by atomic mass is 10.00. The Kier molecular flexibility index (Phi) is 6.05. The summed E-state index contributed by atoms with van der Waals surface area (Å²) in [6.07, 6.45) is 1.52. The molecule has 0 aliphatic carbocycles. The summed E-state index contributed by atoms with van der Waals surface area (Å²) in [6, 6.07) is 14.7. The third kappa shape index (κ3) is 3.92. The molecule has 1 heterocycles. The zero-order chi connectivity index (χ0) is 23.8. The van der Waals surface area contributed by atoms with Crippen molar-refractivity contribution >= 4 is 38.9 Å². The van der Waals surface area contributed by atoms with E-state index in [-0.39, 0.29) is 11.4 Å². The first-order chi connectivity index (χ1) is 15.8. The van der Waals surface area contributed by atoms with Gasteiger partial charge in [-0.1, -0.05) is 35.9 Å². The maximum absolute atomic E-state index is 13.1. The number of nitrogens with zero attached hydrogens (tertiary/aromatic N) is 1. The Labute approximate surface area is 197 Å². The Morgan fingerprint density at radius 1 is 1.06 bits per heavy atom. The summed E-state index contributed by atoms with van der Waals surface area (Å²) in [4.78, 5) is 13.3. The molecule has 0 radical (unpaired) electrons. The minimum Gasteiger partial charge on any atom is -0.495 e. The van der Waals surface area contributed by atoms with Gasteiger partial charge in [-0.2, -0.15) is 0 Å². The fourth-order valence-corrected chi connectivity index (χ4v) is 5.63. The molecule has 9 heteroatoms. The molecule has 0 saturated heterocycles. The Hall–Kier alpha value is -3.49. The highest BCUT2D eigenvalue weighted by atomic mass is 35.5. The van der Waals surface area contributed by atoms with E-state index in [1.165, 1.54) is 24.6 Å². The van der Waals surface area contributed by atoms with Crippen LogP contribution in [0.2, 0.25) is 5.02 Å². The number of fused-ring (bicyclic) bond motifs is 3. The second kappa shape index (κ2) is 8.80. The number of amides is 1. The van der Waals surface area contributed by atoms with E-state index in [0.29, 0.717) is 44.6 Å². The zero-order valence-corrected chi connectivity index (χ0v) is 19.5. The fourth-order valence-electron chi connectivity index (χ4n) is 3.74. The van der Waals surface area contributed by atoms with E-state index in [9.17, 15) is 13.2 Å². The average molecular weight is 485 g/mol. The first-order valence-corrected chi connectivity index (χ1v) is 11.7. The summed E-state index contributed by atoms with van der Waals surface area (Å²) < 4.78 is 38.1. The van der Waals surface area contributed by atoms with E-state index >= 15 is 0 Å². The van der Waals surface area contributed by atoms with Gasteiger partial charge in [-0.3, -0.25) is 9.10 Å². The lowest BCUT2D eigenvalue weighted by Gasteiger charge is -2.31. The number of hydrogen-bond acceptors (Lipinski definition) is 5. The first-order valence-electron chi connectivity index (χ1n) is 9.91. The van der Waals surface area contributed by atoms with Crippen molar-refractivity contribution in [3.63, 3.8) is 0 Å². The predicted molar refractivity (Wildman–Crippen MR) is 129 cm³/mol. The van der Waals surface area contributed by atoms with Crippen molar-refractivity contribution in [2.75, 3.05) is 30.4 Å². The topological polar surface area (TPSA) is 84.9 Å². The summed E-state index contributed by atoms with van der Waals surface area (Å²) in [5, 5.41) is 3.16. The van der Waals surface area contributed by atoms with Crippen molar-refractivity contribution in [3.05, 3.63) is 77.8 Å². The van der Waals surface area contributed by atoms with Crippen LogP contribution in [0, 0.1) is 0 Å². The van der Waals surface area contributed by atoms with Crippen molar-refractivity contribution < 1.29 is 22.7 Å². The van der Waals surface area contributed by atoms with Gasteiger partial charge in [0.15, 0.2) is 0 Å². The van der Waals surface area contributed by atoms with Crippen molar-refractivity contribution in [2.45, 2.75) is 4.90 Å². The minimum atomic E-state index is -3.74. The van der Waals surface area contributed by atoms with Gasteiger partial charge in [0.1, 0.15) is 11.5 Å². The smallest absolute Gasteiger partial charge is 0.265 e. The molecule has 0 saturated carbocycles. The van der Waals surface area contributed by atoms with E-state index in [1.54, 1.807) is 54.6 Å². The molecule has 7 nitrogen and oxygen atoms in total. The summed E-state index contributed by atoms with van der Waals surface area (Å²) in [5.74, 6) is 0.361. The van der Waals surface area contributed by atoms with E-state index in [1.807, 2.05) is 0 Å². The lowest BCUT2D eigenvalue weighted by molar-refractivity contribution is 0.102. The van der Waals surface area contributed by atoms with Crippen LogP contribution in [0.3, 0.4) is 0 Å². The molecule has 3 aromatic rings. The highest BCUT2D eigenvalue weighted by Gasteiger charge is 2.34. The highest BCUT2D eigenvalue weighted by Crippen LogP contribution is 2.43. The van der Waals surface area contributed by atoms with Gasteiger partial charge in [-0.05, 0) is 24.3 Å². The molecule has 0 atom stereocenters. The summed E-state index contributed by atoms with van der Waals surface area (Å²) in [5.41, 5.74) is 2.38. The van der Waals surface area contributed by atoms with Gasteiger partial charge in [0.25, 0.3) is 15.9 Å². The molecule has 3 aromatic carbocycles. The number of carbonyl (C=O) groups excluding carboxylic acids is 1. The monoisotopic (exact) mass is 484 g/mol. The molecule has 1 amide bonds. The van der Waals surface area contributed by atoms with Crippen LogP contribution in [0.1, 0.15) is 10.4 Å². The summed E-state index contributed by atoms with van der Waals surface area (Å²) in [7, 11) is -0.796. The zero-order valence-electron chi connectivity index (χ0n) is 18.0. The van der Waals surface area contributed by atoms with E-state index in [4.69, 9.17) is 21.1 Å². The van der Waals surface area contributed by atoms with Gasteiger partial charge in [-0.25, -0.2) is 8.42 Å². The Morgan fingerprint density at radius 2 is 1.79 bits per heavy atom. The van der Waals surface area contributed by atoms with E-state index in [0.717, 1.165) is 0 Å². The van der Waals surface area contributed by atoms with E-state index < -0.39 is 15.9 Å². The van der Waals surface area contributed by atoms with Crippen LogP contribution in [0.15, 0.2) is 72.1 Å². The molecule has 1 aliphatic rings. The molecule has 170 valence electrons. The first kappa shape index (κ1) is 22.7. The number of nitrogens with one attached hydrogen (secondary N) is 1. The van der Waals surface area contributed by atoms with E-state index in [2.05, 4.69) is 11.9 Å². The number of hydrogen-bond donors (Lipinski definition) is 1. The number of halogens is 1. The SMILES string of the molecule is C=CCN1c2ccc(C(=O)Nc3cc(OC)c(Cl)cc3OC)cc2-c2ccccc2S1(=O)=O. The van der Waals surface area contributed by atoms with Gasteiger partial charge >= 0.3 is 0 Å². The Balaban J connectivity index is 1.78. The summed E-state index contributed by atoms with van der Waals surface area (Å²) in [6.45, 7) is 3.78. The van der Waals surface area contributed by atoms with Crippen LogP contribution in [-0.4, -0.2) is 35.1 Å². The van der Waals surface area contributed by atoms with Crippen molar-refractivity contribution in [1.82, 2.24) is 0 Å². The molecule has 0 bridgehead atoms. The Morgan fingerprint density at radius 3 is 2.48 bits per heavy atom. The van der Waals surface area contributed by atoms with Crippen LogP contribution < -0.4 is 19.1 Å². The van der Waals surface area contributed by atoms with Gasteiger partial charge in [0.2, 0.25) is 0 Å². The molecule has 1 aliphatic heterocycles. The molecule has 0 fully saturated rings. The van der Waals surface area contributed by atoms with Crippen LogP contribution in [0.5, 0.6) is 11.5 Å². The molecule has 0 spiro atoms. The maximum atomic E-state index is 13.1. The molecule has 0 aromatic heterocycles. The van der Waals surface area contributed by atoms with Gasteiger partial charge in [0.05, 0.1) is 42.1 Å². The van der Waals surface area contributed by atoms with Crippen molar-refractivity contribution in [3.8, 4) is 22.6 Å². The Bertz CT molecular complexity index is 1370. The normalized spacial score (nSPS) is 13.5.